The highest BCUT2D eigenvalue weighted by molar-refractivity contribution is 9.11. The highest BCUT2D eigenvalue weighted by atomic mass is 79.9. The van der Waals surface area contributed by atoms with E-state index in [1.807, 2.05) is 0 Å². The molecule has 0 saturated carbocycles. The van der Waals surface area contributed by atoms with Crippen LogP contribution in [-0.4, -0.2) is 30.1 Å². The molecular weight excluding hydrogens is 400 g/mol. The predicted molar refractivity (Wildman–Crippen MR) is 78.6 cm³/mol. The van der Waals surface area contributed by atoms with Crippen LogP contribution in [0.3, 0.4) is 0 Å². The lowest BCUT2D eigenvalue weighted by Gasteiger charge is -2.22. The predicted octanol–water partition coefficient (Wildman–Crippen LogP) is 2.39. The minimum Gasteiger partial charge on any atom is -0.489 e. The fraction of sp³-hybridized carbons (Fsp3) is 0.364. The van der Waals surface area contributed by atoms with Gasteiger partial charge in [0.2, 0.25) is 0 Å². The monoisotopic (exact) mass is 410 g/mol. The Bertz CT molecular complexity index is 525. The number of halogens is 2. The van der Waals surface area contributed by atoms with Crippen molar-refractivity contribution in [2.24, 2.45) is 5.73 Å². The van der Waals surface area contributed by atoms with Crippen LogP contribution in [0.1, 0.15) is 6.92 Å². The summed E-state index contributed by atoms with van der Waals surface area (Å²) in [6.45, 7) is 1.32. The van der Waals surface area contributed by atoms with Crippen molar-refractivity contribution in [3.05, 3.63) is 31.2 Å². The van der Waals surface area contributed by atoms with E-state index in [0.29, 0.717) is 14.7 Å². The summed E-state index contributed by atoms with van der Waals surface area (Å²) in [4.78, 5) is 21.6. The van der Waals surface area contributed by atoms with E-state index in [4.69, 9.17) is 10.5 Å². The van der Waals surface area contributed by atoms with Crippen LogP contribution in [0.25, 0.3) is 0 Å². The molecule has 9 heteroatoms. The first kappa shape index (κ1) is 16.9. The first-order chi connectivity index (χ1) is 9.19. The Hall–Kier alpha value is -1.19. The molecule has 2 N–H and O–H groups in total. The lowest BCUT2D eigenvalue weighted by molar-refractivity contribution is -0.385. The van der Waals surface area contributed by atoms with Crippen molar-refractivity contribution in [3.63, 3.8) is 0 Å². The summed E-state index contributed by atoms with van der Waals surface area (Å²) in [7, 11) is 1.23. The number of nitro groups is 1. The van der Waals surface area contributed by atoms with Gasteiger partial charge in [-0.1, -0.05) is 0 Å². The number of methoxy groups -OCH3 is 1. The third-order valence-corrected chi connectivity index (χ3v) is 3.54. The highest BCUT2D eigenvalue weighted by Crippen LogP contribution is 2.37. The number of esters is 1. The van der Waals surface area contributed by atoms with E-state index >= 15 is 0 Å². The van der Waals surface area contributed by atoms with Gasteiger partial charge < -0.3 is 15.2 Å². The van der Waals surface area contributed by atoms with Crippen LogP contribution < -0.4 is 10.5 Å². The number of carbonyl (C=O) groups excluding carboxylic acids is 1. The van der Waals surface area contributed by atoms with Crippen molar-refractivity contribution in [3.8, 4) is 5.75 Å². The van der Waals surface area contributed by atoms with E-state index in [0.717, 1.165) is 0 Å². The molecule has 0 amide bonds. The van der Waals surface area contributed by atoms with Crippen molar-refractivity contribution in [1.82, 2.24) is 0 Å². The van der Waals surface area contributed by atoms with Crippen LogP contribution in [0.2, 0.25) is 0 Å². The molecule has 1 atom stereocenters. The Morgan fingerprint density at radius 2 is 1.95 bits per heavy atom. The molecule has 20 heavy (non-hydrogen) atoms. The Labute approximate surface area is 131 Å². The van der Waals surface area contributed by atoms with Gasteiger partial charge in [-0.2, -0.15) is 0 Å². The van der Waals surface area contributed by atoms with E-state index in [1.165, 1.54) is 26.2 Å². The molecule has 0 aliphatic carbocycles. The SMILES string of the molecule is COC(=O)C(C)(N)COc1c(Br)cc([N+](=O)[O-])cc1Br. The van der Waals surface area contributed by atoms with Gasteiger partial charge in [-0.25, -0.2) is 4.79 Å². The number of ether oxygens (including phenoxy) is 2. The summed E-state index contributed by atoms with van der Waals surface area (Å²) in [6, 6.07) is 2.60. The molecule has 0 saturated heterocycles. The number of benzene rings is 1. The number of nitro benzene ring substituents is 1. The molecule has 110 valence electrons. The molecule has 0 aromatic heterocycles. The molecule has 1 rings (SSSR count). The lowest BCUT2D eigenvalue weighted by atomic mass is 10.1. The van der Waals surface area contributed by atoms with Gasteiger partial charge in [0.1, 0.15) is 17.9 Å². The molecule has 0 radical (unpaired) electrons. The second-order valence-electron chi connectivity index (χ2n) is 4.19. The molecular formula is C11H12Br2N2O5. The van der Waals surface area contributed by atoms with Gasteiger partial charge in [-0.05, 0) is 38.8 Å². The van der Waals surface area contributed by atoms with E-state index in [1.54, 1.807) is 0 Å². The van der Waals surface area contributed by atoms with Crippen molar-refractivity contribution < 1.29 is 19.2 Å². The largest absolute Gasteiger partial charge is 0.489 e. The molecule has 7 nitrogen and oxygen atoms in total. The van der Waals surface area contributed by atoms with Crippen LogP contribution in [-0.2, 0) is 9.53 Å². The number of hydrogen-bond donors (Lipinski definition) is 1. The maximum absolute atomic E-state index is 11.4. The molecule has 0 heterocycles. The summed E-state index contributed by atoms with van der Waals surface area (Å²) in [5, 5.41) is 10.7. The van der Waals surface area contributed by atoms with Crippen molar-refractivity contribution in [2.75, 3.05) is 13.7 Å². The number of nitrogens with two attached hydrogens (primary N) is 1. The summed E-state index contributed by atoms with van der Waals surface area (Å²) >= 11 is 6.34. The average molecular weight is 412 g/mol. The molecule has 0 fully saturated rings. The molecule has 1 aromatic carbocycles. The maximum Gasteiger partial charge on any atom is 0.329 e. The van der Waals surface area contributed by atoms with Crippen molar-refractivity contribution in [2.45, 2.75) is 12.5 Å². The molecule has 1 aromatic rings. The van der Waals surface area contributed by atoms with Crippen LogP contribution in [0.5, 0.6) is 5.75 Å². The number of rotatable bonds is 5. The van der Waals surface area contributed by atoms with Crippen molar-refractivity contribution >= 4 is 43.5 Å². The quantitative estimate of drug-likeness (QED) is 0.453. The Morgan fingerprint density at radius 1 is 1.45 bits per heavy atom. The lowest BCUT2D eigenvalue weighted by Crippen LogP contribution is -2.50. The second-order valence-corrected chi connectivity index (χ2v) is 5.90. The van der Waals surface area contributed by atoms with Crippen LogP contribution in [0, 0.1) is 10.1 Å². The Kier molecular flexibility index (Phi) is 5.49. The minimum absolute atomic E-state index is 0.0976. The molecule has 0 spiro atoms. The fourth-order valence-electron chi connectivity index (χ4n) is 1.30. The van der Waals surface area contributed by atoms with E-state index in [9.17, 15) is 14.9 Å². The zero-order chi connectivity index (χ0) is 15.5. The van der Waals surface area contributed by atoms with Gasteiger partial charge in [0, 0.05) is 12.1 Å². The average Bonchev–Trinajstić information content (AvgIpc) is 2.36. The smallest absolute Gasteiger partial charge is 0.329 e. The van der Waals surface area contributed by atoms with Gasteiger partial charge >= 0.3 is 5.97 Å². The van der Waals surface area contributed by atoms with E-state index < -0.39 is 16.4 Å². The van der Waals surface area contributed by atoms with Gasteiger partial charge in [0.05, 0.1) is 21.0 Å². The summed E-state index contributed by atoms with van der Waals surface area (Å²) < 4.78 is 10.8. The molecule has 0 aliphatic heterocycles. The second kappa shape index (κ2) is 6.51. The number of non-ortho nitro benzene ring substituents is 1. The normalized spacial score (nSPS) is 13.4. The first-order valence-corrected chi connectivity index (χ1v) is 6.91. The Morgan fingerprint density at radius 3 is 2.35 bits per heavy atom. The standard InChI is InChI=1S/C11H12Br2N2O5/c1-11(14,10(16)19-2)5-20-9-7(12)3-6(15(17)18)4-8(9)13/h3-4H,5,14H2,1-2H3. The zero-order valence-corrected chi connectivity index (χ0v) is 13.9. The fourth-order valence-corrected chi connectivity index (χ4v) is 2.70. The molecule has 1 unspecified atom stereocenters. The third kappa shape index (κ3) is 3.90. The van der Waals surface area contributed by atoms with Gasteiger partial charge in [0.25, 0.3) is 5.69 Å². The topological polar surface area (TPSA) is 105 Å². The van der Waals surface area contributed by atoms with E-state index in [-0.39, 0.29) is 12.3 Å². The van der Waals surface area contributed by atoms with Crippen LogP contribution in [0.15, 0.2) is 21.1 Å². The van der Waals surface area contributed by atoms with Gasteiger partial charge in [-0.3, -0.25) is 10.1 Å². The van der Waals surface area contributed by atoms with Crippen LogP contribution >= 0.6 is 31.9 Å². The first-order valence-electron chi connectivity index (χ1n) is 5.32. The number of hydrogen-bond acceptors (Lipinski definition) is 6. The zero-order valence-electron chi connectivity index (χ0n) is 10.7. The van der Waals surface area contributed by atoms with Gasteiger partial charge in [0.15, 0.2) is 0 Å². The van der Waals surface area contributed by atoms with Gasteiger partial charge in [-0.15, -0.1) is 0 Å². The molecule has 0 bridgehead atoms. The number of carbonyl (C=O) groups is 1. The Balaban J connectivity index is 2.94. The maximum atomic E-state index is 11.4. The highest BCUT2D eigenvalue weighted by Gasteiger charge is 2.31. The third-order valence-electron chi connectivity index (χ3n) is 2.36. The van der Waals surface area contributed by atoms with Crippen LogP contribution in [0.4, 0.5) is 5.69 Å². The summed E-state index contributed by atoms with van der Waals surface area (Å²) in [6.07, 6.45) is 0. The van der Waals surface area contributed by atoms with Crippen molar-refractivity contribution in [1.29, 1.82) is 0 Å². The van der Waals surface area contributed by atoms with E-state index in [2.05, 4.69) is 36.6 Å². The minimum atomic E-state index is -1.32. The molecule has 0 aliphatic rings. The summed E-state index contributed by atoms with van der Waals surface area (Å²) in [5.74, 6) is -0.303. The summed E-state index contributed by atoms with van der Waals surface area (Å²) in [5.41, 5.74) is 4.34. The number of nitrogens with zero attached hydrogens (tertiary/aromatic N) is 1.